The van der Waals surface area contributed by atoms with Gasteiger partial charge in [-0.15, -0.1) is 0 Å². The van der Waals surface area contributed by atoms with Gasteiger partial charge < -0.3 is 14.6 Å². The van der Waals surface area contributed by atoms with Crippen molar-refractivity contribution in [3.05, 3.63) is 96.6 Å². The van der Waals surface area contributed by atoms with E-state index in [-0.39, 0.29) is 29.4 Å². The van der Waals surface area contributed by atoms with Crippen molar-refractivity contribution in [2.24, 2.45) is 0 Å². The van der Waals surface area contributed by atoms with Gasteiger partial charge in [-0.25, -0.2) is 13.4 Å². The van der Waals surface area contributed by atoms with Gasteiger partial charge in [-0.2, -0.15) is 13.2 Å². The van der Waals surface area contributed by atoms with Gasteiger partial charge in [0.2, 0.25) is 0 Å². The van der Waals surface area contributed by atoms with Gasteiger partial charge in [0.25, 0.3) is 10.0 Å². The number of aliphatic carboxylic acids is 1. The number of rotatable bonds is 13. The van der Waals surface area contributed by atoms with Crippen LogP contribution >= 0.6 is 0 Å². The van der Waals surface area contributed by atoms with Crippen molar-refractivity contribution in [1.29, 1.82) is 0 Å². The van der Waals surface area contributed by atoms with Crippen molar-refractivity contribution in [1.82, 2.24) is 9.55 Å². The summed E-state index contributed by atoms with van der Waals surface area (Å²) in [7, 11) is -2.78. The molecule has 0 atom stereocenters. The zero-order valence-corrected chi connectivity index (χ0v) is 25.4. The summed E-state index contributed by atoms with van der Waals surface area (Å²) in [4.78, 5) is 15.3. The first kappa shape index (κ1) is 32.4. The third-order valence-corrected chi connectivity index (χ3v) is 8.53. The Balaban J connectivity index is 1.59. The normalized spacial score (nSPS) is 11.8. The van der Waals surface area contributed by atoms with Crippen LogP contribution in [0, 0.1) is 0 Å². The Bertz CT molecular complexity index is 1930. The summed E-state index contributed by atoms with van der Waals surface area (Å²) in [5, 5.41) is 8.91. The Morgan fingerprint density at radius 1 is 0.935 bits per heavy atom. The van der Waals surface area contributed by atoms with Crippen LogP contribution in [0.4, 0.5) is 18.9 Å². The average Bonchev–Trinajstić information content (AvgIpc) is 3.40. The minimum Gasteiger partial charge on any atom is -0.497 e. The molecule has 0 aliphatic rings. The fraction of sp³-hybridized carbons (Fsp3) is 0.212. The van der Waals surface area contributed by atoms with Crippen LogP contribution in [0.3, 0.4) is 0 Å². The SMILES string of the molecule is COc1ccc(-n2c(-c3ccccc3)nc3cc(NS(=O)(=O)c4ccc(C(F)(F)F)cc4)c(OCCCCCC(=O)O)cc32)cc1. The number of sulfonamides is 1. The van der Waals surface area contributed by atoms with Gasteiger partial charge in [-0.05, 0) is 73.9 Å². The van der Waals surface area contributed by atoms with Crippen LogP contribution in [0.2, 0.25) is 0 Å². The van der Waals surface area contributed by atoms with Crippen LogP contribution in [0.15, 0.2) is 95.9 Å². The first-order chi connectivity index (χ1) is 22.0. The first-order valence-electron chi connectivity index (χ1n) is 14.3. The quantitative estimate of drug-likeness (QED) is 0.126. The monoisotopic (exact) mass is 653 g/mol. The number of methoxy groups -OCH3 is 1. The minimum atomic E-state index is -4.62. The molecule has 0 saturated heterocycles. The number of halogens is 3. The number of carboxylic acids is 1. The molecule has 5 aromatic rings. The predicted octanol–water partition coefficient (Wildman–Crippen LogP) is 7.54. The summed E-state index contributed by atoms with van der Waals surface area (Å²) in [5.74, 6) is 0.493. The molecule has 4 aromatic carbocycles. The standard InChI is InChI=1S/C33H30F3N3O6S/c1-44-25-15-13-24(14-16-25)39-29-21-30(45-19-7-3-6-10-31(40)41)28(20-27(29)37-32(39)22-8-4-2-5-9-22)38-46(42,43)26-17-11-23(12-18-26)33(34,35)36/h2,4-5,8-9,11-18,20-21,38H,3,6-7,10,19H2,1H3,(H,40,41). The number of carbonyl (C=O) groups is 1. The van der Waals surface area contributed by atoms with Crippen LogP contribution in [0.1, 0.15) is 31.2 Å². The van der Waals surface area contributed by atoms with Crippen molar-refractivity contribution in [2.75, 3.05) is 18.4 Å². The average molecular weight is 654 g/mol. The van der Waals surface area contributed by atoms with E-state index in [1.165, 1.54) is 6.07 Å². The zero-order chi connectivity index (χ0) is 32.9. The molecule has 46 heavy (non-hydrogen) atoms. The predicted molar refractivity (Wildman–Crippen MR) is 167 cm³/mol. The molecule has 0 amide bonds. The Morgan fingerprint density at radius 2 is 1.63 bits per heavy atom. The number of nitrogens with zero attached hydrogens (tertiary/aromatic N) is 2. The van der Waals surface area contributed by atoms with Gasteiger partial charge in [-0.1, -0.05) is 30.3 Å². The number of fused-ring (bicyclic) bond motifs is 1. The molecule has 5 rings (SSSR count). The highest BCUT2D eigenvalue weighted by atomic mass is 32.2. The fourth-order valence-electron chi connectivity index (χ4n) is 4.84. The van der Waals surface area contributed by atoms with Gasteiger partial charge in [0.1, 0.15) is 17.3 Å². The molecule has 240 valence electrons. The molecule has 2 N–H and O–H groups in total. The van der Waals surface area contributed by atoms with E-state index in [2.05, 4.69) is 4.72 Å². The largest absolute Gasteiger partial charge is 0.497 e. The molecule has 0 radical (unpaired) electrons. The number of nitrogens with one attached hydrogen (secondary N) is 1. The molecule has 0 fully saturated rings. The number of benzene rings is 4. The molecule has 0 unspecified atom stereocenters. The van der Waals surface area contributed by atoms with E-state index in [1.807, 2.05) is 47.0 Å². The molecular formula is C33H30F3N3O6S. The summed E-state index contributed by atoms with van der Waals surface area (Å²) >= 11 is 0. The molecule has 1 aromatic heterocycles. The van der Waals surface area contributed by atoms with Crippen molar-refractivity contribution in [3.63, 3.8) is 0 Å². The van der Waals surface area contributed by atoms with Crippen molar-refractivity contribution < 1.29 is 41.0 Å². The van der Waals surface area contributed by atoms with E-state index >= 15 is 0 Å². The number of imidazole rings is 1. The number of alkyl halides is 3. The van der Waals surface area contributed by atoms with E-state index in [9.17, 15) is 26.4 Å². The van der Waals surface area contributed by atoms with E-state index in [4.69, 9.17) is 19.6 Å². The number of hydrogen-bond donors (Lipinski definition) is 2. The van der Waals surface area contributed by atoms with Crippen LogP contribution in [-0.2, 0) is 21.0 Å². The lowest BCUT2D eigenvalue weighted by Gasteiger charge is -2.16. The van der Waals surface area contributed by atoms with E-state index in [0.29, 0.717) is 54.0 Å². The molecule has 0 saturated carbocycles. The molecule has 0 spiro atoms. The maximum Gasteiger partial charge on any atom is 0.416 e. The summed E-state index contributed by atoms with van der Waals surface area (Å²) in [6.07, 6.45) is -3.07. The van der Waals surface area contributed by atoms with Crippen LogP contribution in [0.5, 0.6) is 11.5 Å². The lowest BCUT2D eigenvalue weighted by molar-refractivity contribution is -0.138. The van der Waals surface area contributed by atoms with Gasteiger partial charge in [0.05, 0.1) is 40.9 Å². The van der Waals surface area contributed by atoms with Gasteiger partial charge >= 0.3 is 12.1 Å². The highest BCUT2D eigenvalue weighted by Gasteiger charge is 2.31. The first-order valence-corrected chi connectivity index (χ1v) is 15.8. The molecule has 1 heterocycles. The number of carboxylic acid groups (broad SMARTS) is 1. The molecular weight excluding hydrogens is 623 g/mol. The maximum absolute atomic E-state index is 13.4. The van der Waals surface area contributed by atoms with Crippen molar-refractivity contribution in [3.8, 4) is 28.6 Å². The van der Waals surface area contributed by atoms with E-state index in [0.717, 1.165) is 23.4 Å². The highest BCUT2D eigenvalue weighted by Crippen LogP contribution is 2.37. The molecule has 0 aliphatic heterocycles. The zero-order valence-electron chi connectivity index (χ0n) is 24.6. The number of hydrogen-bond acceptors (Lipinski definition) is 6. The maximum atomic E-state index is 13.4. The van der Waals surface area contributed by atoms with Gasteiger partial charge in [-0.3, -0.25) is 14.1 Å². The van der Waals surface area contributed by atoms with E-state index in [1.54, 1.807) is 25.3 Å². The summed E-state index contributed by atoms with van der Waals surface area (Å²) < 4.78 is 81.7. The van der Waals surface area contributed by atoms with Crippen molar-refractivity contribution >= 4 is 32.7 Å². The van der Waals surface area contributed by atoms with Crippen molar-refractivity contribution in [2.45, 2.75) is 36.8 Å². The summed E-state index contributed by atoms with van der Waals surface area (Å²) in [6, 6.07) is 23.1. The molecule has 13 heteroatoms. The molecule has 0 bridgehead atoms. The number of ether oxygens (including phenoxy) is 2. The number of unbranched alkanes of at least 4 members (excludes halogenated alkanes) is 2. The van der Waals surface area contributed by atoms with Gasteiger partial charge in [0.15, 0.2) is 0 Å². The van der Waals surface area contributed by atoms with Crippen LogP contribution < -0.4 is 14.2 Å². The number of anilines is 1. The van der Waals surface area contributed by atoms with E-state index < -0.39 is 27.7 Å². The van der Waals surface area contributed by atoms with Crippen LogP contribution in [0.25, 0.3) is 28.1 Å². The Labute approximate surface area is 263 Å². The van der Waals surface area contributed by atoms with Crippen LogP contribution in [-0.4, -0.2) is 42.8 Å². The Morgan fingerprint density at radius 3 is 2.26 bits per heavy atom. The lowest BCUT2D eigenvalue weighted by atomic mass is 10.2. The Kier molecular flexibility index (Phi) is 9.52. The molecule has 9 nitrogen and oxygen atoms in total. The Hall–Kier alpha value is -5.04. The topological polar surface area (TPSA) is 120 Å². The second-order valence-corrected chi connectivity index (χ2v) is 12.0. The fourth-order valence-corrected chi connectivity index (χ4v) is 5.90. The number of aromatic nitrogens is 2. The second kappa shape index (κ2) is 13.5. The smallest absolute Gasteiger partial charge is 0.416 e. The summed E-state index contributed by atoms with van der Waals surface area (Å²) in [6.45, 7) is 0.155. The minimum absolute atomic E-state index is 0.0213. The highest BCUT2D eigenvalue weighted by molar-refractivity contribution is 7.92. The van der Waals surface area contributed by atoms with Gasteiger partial charge in [0, 0.05) is 23.7 Å². The summed E-state index contributed by atoms with van der Waals surface area (Å²) in [5.41, 5.74) is 1.63. The molecule has 0 aliphatic carbocycles. The second-order valence-electron chi connectivity index (χ2n) is 10.4. The lowest BCUT2D eigenvalue weighted by Crippen LogP contribution is -2.15. The third kappa shape index (κ3) is 7.42. The third-order valence-electron chi connectivity index (χ3n) is 7.15.